The van der Waals surface area contributed by atoms with Crippen LogP contribution in [0.5, 0.6) is 11.5 Å². The van der Waals surface area contributed by atoms with Gasteiger partial charge in [0.2, 0.25) is 0 Å². The van der Waals surface area contributed by atoms with E-state index in [1.54, 1.807) is 16.7 Å². The van der Waals surface area contributed by atoms with Crippen molar-refractivity contribution in [1.29, 1.82) is 0 Å². The maximum absolute atomic E-state index is 12.5. The number of nitrogens with zero attached hydrogens (tertiary/aromatic N) is 2. The highest BCUT2D eigenvalue weighted by Gasteiger charge is 2.31. The fraction of sp³-hybridized carbons (Fsp3) is 0.364. The van der Waals surface area contributed by atoms with Crippen molar-refractivity contribution < 1.29 is 14.4 Å². The molecule has 6 heteroatoms. The molecule has 1 saturated heterocycles. The van der Waals surface area contributed by atoms with E-state index >= 15 is 0 Å². The van der Waals surface area contributed by atoms with Crippen molar-refractivity contribution in [2.45, 2.75) is 32.4 Å². The van der Waals surface area contributed by atoms with Crippen molar-refractivity contribution in [2.24, 2.45) is 0 Å². The van der Waals surface area contributed by atoms with Gasteiger partial charge in [0.25, 0.3) is 5.56 Å². The maximum Gasteiger partial charge on any atom is 0.258 e. The lowest BCUT2D eigenvalue weighted by atomic mass is 10.0. The average molecular weight is 378 g/mol. The van der Waals surface area contributed by atoms with Gasteiger partial charge in [-0.2, -0.15) is 0 Å². The van der Waals surface area contributed by atoms with Gasteiger partial charge in [-0.25, -0.2) is 4.98 Å². The molecule has 144 valence electrons. The molecular formula is C22H24N3O3+. The zero-order valence-electron chi connectivity index (χ0n) is 16.0. The van der Waals surface area contributed by atoms with E-state index in [0.717, 1.165) is 47.9 Å². The van der Waals surface area contributed by atoms with Gasteiger partial charge in [0, 0.05) is 30.7 Å². The molecule has 3 aromatic rings. The van der Waals surface area contributed by atoms with Gasteiger partial charge in [-0.05, 0) is 36.8 Å². The number of rotatable bonds is 3. The Balaban J connectivity index is 1.44. The lowest BCUT2D eigenvalue weighted by Crippen LogP contribution is -3.09. The van der Waals surface area contributed by atoms with E-state index in [1.807, 2.05) is 25.1 Å². The quantitative estimate of drug-likeness (QED) is 0.754. The number of ether oxygens (including phenoxy) is 2. The average Bonchev–Trinajstić information content (AvgIpc) is 3.16. The Morgan fingerprint density at radius 1 is 1.18 bits per heavy atom. The Labute approximate surface area is 163 Å². The van der Waals surface area contributed by atoms with Crippen LogP contribution in [0, 0.1) is 6.92 Å². The van der Waals surface area contributed by atoms with Gasteiger partial charge in [0.15, 0.2) is 11.5 Å². The number of benzene rings is 1. The summed E-state index contributed by atoms with van der Waals surface area (Å²) in [6.45, 7) is 5.02. The van der Waals surface area contributed by atoms with Crippen LogP contribution in [0.25, 0.3) is 5.65 Å². The molecule has 4 heterocycles. The molecule has 2 aromatic heterocycles. The number of hydrogen-bond donors (Lipinski definition) is 1. The summed E-state index contributed by atoms with van der Waals surface area (Å²) in [7, 11) is 0. The van der Waals surface area contributed by atoms with Gasteiger partial charge in [-0.15, -0.1) is 0 Å². The topological polar surface area (TPSA) is 57.3 Å². The molecule has 0 bridgehead atoms. The molecule has 1 fully saturated rings. The lowest BCUT2D eigenvalue weighted by molar-refractivity contribution is -0.932. The first kappa shape index (κ1) is 17.3. The van der Waals surface area contributed by atoms with E-state index < -0.39 is 0 Å². The normalized spacial score (nSPS) is 21.2. The van der Waals surface area contributed by atoms with E-state index in [-0.39, 0.29) is 5.56 Å². The summed E-state index contributed by atoms with van der Waals surface area (Å²) < 4.78 is 13.0. The third-order valence-electron chi connectivity index (χ3n) is 5.80. The van der Waals surface area contributed by atoms with E-state index in [0.29, 0.717) is 19.3 Å². The van der Waals surface area contributed by atoms with Gasteiger partial charge < -0.3 is 14.4 Å². The van der Waals surface area contributed by atoms with E-state index in [1.165, 1.54) is 16.9 Å². The van der Waals surface area contributed by atoms with Crippen LogP contribution in [-0.2, 0) is 6.54 Å². The van der Waals surface area contributed by atoms with E-state index in [2.05, 4.69) is 12.1 Å². The molecule has 28 heavy (non-hydrogen) atoms. The molecule has 0 amide bonds. The van der Waals surface area contributed by atoms with Crippen LogP contribution in [-0.4, -0.2) is 29.1 Å². The van der Waals surface area contributed by atoms with Crippen LogP contribution in [0.15, 0.2) is 47.4 Å². The van der Waals surface area contributed by atoms with Crippen LogP contribution in [0.2, 0.25) is 0 Å². The summed E-state index contributed by atoms with van der Waals surface area (Å²) in [6, 6.07) is 12.2. The standard InChI is InChI=1S/C22H23N3O3/c1-15-4-2-9-25-21(26)13-17(23-22(15)25)14-24-8-3-5-18(24)16-6-7-19-20(12-16)28-11-10-27-19/h2,4,6-7,9,12-13,18H,3,5,8,10-11,14H2,1H3/p+1/t18-/m0/s1. The van der Waals surface area contributed by atoms with Crippen molar-refractivity contribution in [2.75, 3.05) is 19.8 Å². The second-order valence-electron chi connectivity index (χ2n) is 7.65. The highest BCUT2D eigenvalue weighted by atomic mass is 16.6. The SMILES string of the molecule is Cc1cccn2c(=O)cc(C[NH+]3CCC[C@H]3c3ccc4c(c3)OCCO4)nc12. The van der Waals surface area contributed by atoms with Crippen LogP contribution < -0.4 is 19.9 Å². The van der Waals surface area contributed by atoms with Gasteiger partial charge in [-0.1, -0.05) is 6.07 Å². The third-order valence-corrected chi connectivity index (χ3v) is 5.80. The number of quaternary nitrogens is 1. The number of aryl methyl sites for hydroxylation is 1. The largest absolute Gasteiger partial charge is 0.486 e. The highest BCUT2D eigenvalue weighted by molar-refractivity contribution is 5.47. The summed E-state index contributed by atoms with van der Waals surface area (Å²) in [5.74, 6) is 1.67. The van der Waals surface area contributed by atoms with Crippen molar-refractivity contribution >= 4 is 5.65 Å². The fourth-order valence-electron chi connectivity index (χ4n) is 4.43. The summed E-state index contributed by atoms with van der Waals surface area (Å²) in [6.07, 6.45) is 4.07. The van der Waals surface area contributed by atoms with E-state index in [4.69, 9.17) is 14.5 Å². The first-order valence-corrected chi connectivity index (χ1v) is 9.91. The molecule has 6 nitrogen and oxygen atoms in total. The van der Waals surface area contributed by atoms with Gasteiger partial charge in [-0.3, -0.25) is 9.20 Å². The van der Waals surface area contributed by atoms with Crippen molar-refractivity contribution in [3.63, 3.8) is 0 Å². The first-order valence-electron chi connectivity index (χ1n) is 9.91. The van der Waals surface area contributed by atoms with Gasteiger partial charge >= 0.3 is 0 Å². The molecule has 1 aromatic carbocycles. The molecule has 2 aliphatic rings. The minimum absolute atomic E-state index is 0.0156. The summed E-state index contributed by atoms with van der Waals surface area (Å²) in [5, 5.41) is 0. The number of nitrogens with one attached hydrogen (secondary N) is 1. The van der Waals surface area contributed by atoms with Gasteiger partial charge in [0.1, 0.15) is 37.1 Å². The summed E-state index contributed by atoms with van der Waals surface area (Å²) in [4.78, 5) is 18.8. The maximum atomic E-state index is 12.5. The Kier molecular flexibility index (Phi) is 4.28. The molecule has 1 unspecified atom stereocenters. The number of aromatic nitrogens is 2. The zero-order valence-corrected chi connectivity index (χ0v) is 16.0. The predicted octanol–water partition coefficient (Wildman–Crippen LogP) is 1.69. The van der Waals surface area contributed by atoms with E-state index in [9.17, 15) is 4.79 Å². The Morgan fingerprint density at radius 2 is 2.04 bits per heavy atom. The van der Waals surface area contributed by atoms with Crippen LogP contribution in [0.3, 0.4) is 0 Å². The molecule has 0 saturated carbocycles. The molecule has 0 spiro atoms. The number of likely N-dealkylation sites (tertiary alicyclic amines) is 1. The smallest absolute Gasteiger partial charge is 0.258 e. The number of pyridine rings is 1. The lowest BCUT2D eigenvalue weighted by Gasteiger charge is -2.24. The number of hydrogen-bond acceptors (Lipinski definition) is 4. The minimum atomic E-state index is -0.0156. The Bertz CT molecular complexity index is 1090. The van der Waals surface area contributed by atoms with Gasteiger partial charge in [0.05, 0.1) is 6.54 Å². The molecule has 2 atom stereocenters. The summed E-state index contributed by atoms with van der Waals surface area (Å²) >= 11 is 0. The molecule has 1 N–H and O–H groups in total. The zero-order chi connectivity index (χ0) is 19.1. The summed E-state index contributed by atoms with van der Waals surface area (Å²) in [5.41, 5.74) is 3.88. The van der Waals surface area contributed by atoms with Crippen LogP contribution >= 0.6 is 0 Å². The molecule has 2 aliphatic heterocycles. The number of fused-ring (bicyclic) bond motifs is 2. The molecule has 0 radical (unpaired) electrons. The second kappa shape index (κ2) is 6.95. The van der Waals surface area contributed by atoms with Crippen molar-refractivity contribution in [3.8, 4) is 11.5 Å². The Morgan fingerprint density at radius 3 is 2.93 bits per heavy atom. The monoisotopic (exact) mass is 378 g/mol. The minimum Gasteiger partial charge on any atom is -0.486 e. The molecule has 0 aliphatic carbocycles. The van der Waals surface area contributed by atoms with Crippen LogP contribution in [0.1, 0.15) is 35.7 Å². The fourth-order valence-corrected chi connectivity index (χ4v) is 4.43. The second-order valence-corrected chi connectivity index (χ2v) is 7.65. The first-order chi connectivity index (χ1) is 13.7. The molecule has 5 rings (SSSR count). The van der Waals surface area contributed by atoms with Crippen LogP contribution in [0.4, 0.5) is 0 Å². The highest BCUT2D eigenvalue weighted by Crippen LogP contribution is 2.33. The predicted molar refractivity (Wildman–Crippen MR) is 105 cm³/mol. The third kappa shape index (κ3) is 3.03. The molecular weight excluding hydrogens is 354 g/mol. The Hall–Kier alpha value is -2.86. The van der Waals surface area contributed by atoms with Crippen molar-refractivity contribution in [3.05, 3.63) is 69.8 Å². The van der Waals surface area contributed by atoms with Crippen molar-refractivity contribution in [1.82, 2.24) is 9.38 Å².